The topological polar surface area (TPSA) is 83.7 Å². The lowest BCUT2D eigenvalue weighted by Gasteiger charge is -2.03. The number of imidazole rings is 1. The number of fused-ring (bicyclic) bond motifs is 1. The first kappa shape index (κ1) is 11.1. The van der Waals surface area contributed by atoms with E-state index in [1.165, 1.54) is 6.92 Å². The van der Waals surface area contributed by atoms with E-state index in [2.05, 4.69) is 10.3 Å². The van der Waals surface area contributed by atoms with Crippen molar-refractivity contribution in [2.45, 2.75) is 13.8 Å². The Kier molecular flexibility index (Phi) is 2.55. The number of aromatic carboxylic acids is 1. The van der Waals surface area contributed by atoms with Crippen molar-refractivity contribution in [3.05, 3.63) is 29.6 Å². The van der Waals surface area contributed by atoms with Crippen molar-refractivity contribution >= 4 is 23.3 Å². The second kappa shape index (κ2) is 3.89. The van der Waals surface area contributed by atoms with Gasteiger partial charge >= 0.3 is 5.97 Å². The number of hydrogen-bond donors (Lipinski definition) is 2. The summed E-state index contributed by atoms with van der Waals surface area (Å²) in [5.41, 5.74) is 1.26. The number of nitrogens with one attached hydrogen (secondary N) is 1. The summed E-state index contributed by atoms with van der Waals surface area (Å²) in [5, 5.41) is 11.5. The largest absolute Gasteiger partial charge is 0.476 e. The van der Waals surface area contributed by atoms with Crippen LogP contribution < -0.4 is 5.32 Å². The molecule has 1 amide bonds. The summed E-state index contributed by atoms with van der Waals surface area (Å²) in [5.74, 6) is -1.32. The molecule has 0 unspecified atom stereocenters. The lowest BCUT2D eigenvalue weighted by molar-refractivity contribution is -0.114. The molecule has 0 fully saturated rings. The van der Waals surface area contributed by atoms with Gasteiger partial charge < -0.3 is 10.4 Å². The zero-order valence-electron chi connectivity index (χ0n) is 9.39. The summed E-state index contributed by atoms with van der Waals surface area (Å²) in [6.07, 6.45) is 1.72. The maximum atomic E-state index is 11.1. The molecule has 0 atom stereocenters. The third-order valence-corrected chi connectivity index (χ3v) is 2.26. The highest BCUT2D eigenvalue weighted by Crippen LogP contribution is 2.19. The van der Waals surface area contributed by atoms with Crippen LogP contribution in [0.3, 0.4) is 0 Å². The van der Waals surface area contributed by atoms with Crippen LogP contribution in [0.15, 0.2) is 18.3 Å². The number of anilines is 1. The van der Waals surface area contributed by atoms with Gasteiger partial charge in [-0.2, -0.15) is 0 Å². The molecule has 0 bridgehead atoms. The van der Waals surface area contributed by atoms with Crippen molar-refractivity contribution in [2.75, 3.05) is 5.32 Å². The Bertz CT molecular complexity index is 616. The molecule has 0 aliphatic heterocycles. The molecule has 6 heteroatoms. The Morgan fingerprint density at radius 2 is 2.12 bits per heavy atom. The molecule has 6 nitrogen and oxygen atoms in total. The van der Waals surface area contributed by atoms with E-state index in [1.807, 2.05) is 13.0 Å². The van der Waals surface area contributed by atoms with Gasteiger partial charge in [-0.1, -0.05) is 6.07 Å². The molecule has 88 valence electrons. The highest BCUT2D eigenvalue weighted by atomic mass is 16.4. The number of hydrogen-bond acceptors (Lipinski definition) is 3. The zero-order chi connectivity index (χ0) is 12.6. The fourth-order valence-electron chi connectivity index (χ4n) is 1.59. The minimum Gasteiger partial charge on any atom is -0.476 e. The number of pyridine rings is 1. The average molecular weight is 233 g/mol. The third-order valence-electron chi connectivity index (χ3n) is 2.26. The van der Waals surface area contributed by atoms with E-state index >= 15 is 0 Å². The van der Waals surface area contributed by atoms with Crippen LogP contribution >= 0.6 is 0 Å². The standard InChI is InChI=1S/C11H11N3O3/c1-6-3-4-8-13-9(11(16)17)10(12-7(2)15)14(8)5-6/h3-5H,1-2H3,(H,12,15)(H,16,17). The summed E-state index contributed by atoms with van der Waals surface area (Å²) in [4.78, 5) is 26.1. The normalized spacial score (nSPS) is 10.5. The zero-order valence-corrected chi connectivity index (χ0v) is 9.39. The third kappa shape index (κ3) is 1.96. The maximum absolute atomic E-state index is 11.1. The van der Waals surface area contributed by atoms with E-state index in [0.29, 0.717) is 5.65 Å². The highest BCUT2D eigenvalue weighted by molar-refractivity contribution is 5.98. The maximum Gasteiger partial charge on any atom is 0.358 e. The van der Waals surface area contributed by atoms with Crippen LogP contribution in [0.5, 0.6) is 0 Å². The van der Waals surface area contributed by atoms with E-state index in [-0.39, 0.29) is 17.4 Å². The summed E-state index contributed by atoms with van der Waals surface area (Å²) in [6.45, 7) is 3.19. The first-order valence-corrected chi connectivity index (χ1v) is 4.98. The molecule has 2 rings (SSSR count). The number of aryl methyl sites for hydroxylation is 1. The molecule has 2 aromatic heterocycles. The van der Waals surface area contributed by atoms with Crippen molar-refractivity contribution in [3.8, 4) is 0 Å². The van der Waals surface area contributed by atoms with Crippen LogP contribution in [0.1, 0.15) is 23.0 Å². The van der Waals surface area contributed by atoms with Crippen LogP contribution in [-0.2, 0) is 4.79 Å². The number of carboxylic acid groups (broad SMARTS) is 1. The molecule has 2 N–H and O–H groups in total. The van der Waals surface area contributed by atoms with Gasteiger partial charge in [0.25, 0.3) is 0 Å². The van der Waals surface area contributed by atoms with Gasteiger partial charge in [0, 0.05) is 13.1 Å². The number of carbonyl (C=O) groups is 2. The number of aromatic nitrogens is 2. The number of carboxylic acids is 1. The fourth-order valence-corrected chi connectivity index (χ4v) is 1.59. The molecule has 0 radical (unpaired) electrons. The molecular formula is C11H11N3O3. The Hall–Kier alpha value is -2.37. The van der Waals surface area contributed by atoms with Crippen molar-refractivity contribution < 1.29 is 14.7 Å². The van der Waals surface area contributed by atoms with Gasteiger partial charge in [-0.15, -0.1) is 0 Å². The fraction of sp³-hybridized carbons (Fsp3) is 0.182. The molecule has 0 aliphatic rings. The van der Waals surface area contributed by atoms with Crippen molar-refractivity contribution in [1.29, 1.82) is 0 Å². The Labute approximate surface area is 96.9 Å². The molecule has 2 aromatic rings. The quantitative estimate of drug-likeness (QED) is 0.818. The number of carbonyl (C=O) groups excluding carboxylic acids is 1. The second-order valence-corrected chi connectivity index (χ2v) is 3.73. The van der Waals surface area contributed by atoms with Crippen LogP contribution in [-0.4, -0.2) is 26.4 Å². The van der Waals surface area contributed by atoms with Gasteiger partial charge in [-0.3, -0.25) is 9.20 Å². The van der Waals surface area contributed by atoms with E-state index in [9.17, 15) is 9.59 Å². The molecule has 0 spiro atoms. The van der Waals surface area contributed by atoms with Gasteiger partial charge in [0.2, 0.25) is 5.91 Å². The number of nitrogens with zero attached hydrogens (tertiary/aromatic N) is 2. The van der Waals surface area contributed by atoms with Gasteiger partial charge in [0.05, 0.1) is 0 Å². The molecule has 0 aromatic carbocycles. The average Bonchev–Trinajstić information content (AvgIpc) is 2.56. The van der Waals surface area contributed by atoms with E-state index < -0.39 is 5.97 Å². The molecule has 0 saturated carbocycles. The minimum atomic E-state index is -1.17. The summed E-state index contributed by atoms with van der Waals surface area (Å²) >= 11 is 0. The van der Waals surface area contributed by atoms with Crippen molar-refractivity contribution in [1.82, 2.24) is 9.38 Å². The Morgan fingerprint density at radius 1 is 1.41 bits per heavy atom. The predicted molar refractivity (Wildman–Crippen MR) is 61.2 cm³/mol. The Morgan fingerprint density at radius 3 is 2.71 bits per heavy atom. The van der Waals surface area contributed by atoms with Gasteiger partial charge in [0.15, 0.2) is 11.5 Å². The summed E-state index contributed by atoms with van der Waals surface area (Å²) < 4.78 is 1.56. The lowest BCUT2D eigenvalue weighted by Crippen LogP contribution is -2.12. The summed E-state index contributed by atoms with van der Waals surface area (Å²) in [7, 11) is 0. The van der Waals surface area contributed by atoms with Crippen molar-refractivity contribution in [3.63, 3.8) is 0 Å². The lowest BCUT2D eigenvalue weighted by atomic mass is 10.3. The van der Waals surface area contributed by atoms with Gasteiger partial charge in [0.1, 0.15) is 5.65 Å². The monoisotopic (exact) mass is 233 g/mol. The van der Waals surface area contributed by atoms with Gasteiger partial charge in [-0.05, 0) is 18.6 Å². The Balaban J connectivity index is 2.72. The van der Waals surface area contributed by atoms with Crippen LogP contribution in [0, 0.1) is 6.92 Å². The van der Waals surface area contributed by atoms with E-state index in [1.54, 1.807) is 16.7 Å². The first-order valence-electron chi connectivity index (χ1n) is 4.98. The first-order chi connectivity index (χ1) is 7.99. The minimum absolute atomic E-state index is 0.161. The van der Waals surface area contributed by atoms with Crippen molar-refractivity contribution in [2.24, 2.45) is 0 Å². The second-order valence-electron chi connectivity index (χ2n) is 3.73. The van der Waals surface area contributed by atoms with Crippen LogP contribution in [0.2, 0.25) is 0 Å². The van der Waals surface area contributed by atoms with E-state index in [4.69, 9.17) is 5.11 Å². The van der Waals surface area contributed by atoms with Gasteiger partial charge in [-0.25, -0.2) is 9.78 Å². The number of amides is 1. The number of rotatable bonds is 2. The molecule has 0 saturated heterocycles. The predicted octanol–water partition coefficient (Wildman–Crippen LogP) is 1.30. The van der Waals surface area contributed by atoms with Crippen LogP contribution in [0.25, 0.3) is 5.65 Å². The molecular weight excluding hydrogens is 222 g/mol. The molecule has 17 heavy (non-hydrogen) atoms. The smallest absolute Gasteiger partial charge is 0.358 e. The van der Waals surface area contributed by atoms with Crippen LogP contribution in [0.4, 0.5) is 5.82 Å². The summed E-state index contributed by atoms with van der Waals surface area (Å²) in [6, 6.07) is 3.53. The molecule has 2 heterocycles. The highest BCUT2D eigenvalue weighted by Gasteiger charge is 2.18. The SMILES string of the molecule is CC(=O)Nc1c(C(=O)O)nc2ccc(C)cn12. The van der Waals surface area contributed by atoms with E-state index in [0.717, 1.165) is 5.56 Å². The molecule has 0 aliphatic carbocycles.